The number of halogens is 1. The molecule has 0 aliphatic rings. The molecule has 2 aromatic carbocycles. The number of rotatable bonds is 3. The van der Waals surface area contributed by atoms with Gasteiger partial charge in [0.25, 0.3) is 0 Å². The van der Waals surface area contributed by atoms with Crippen molar-refractivity contribution in [1.29, 1.82) is 5.26 Å². The van der Waals surface area contributed by atoms with Crippen LogP contribution in [0.1, 0.15) is 33.0 Å². The third-order valence-electron chi connectivity index (χ3n) is 3.32. The molecule has 0 aromatic heterocycles. The highest BCUT2D eigenvalue weighted by atomic mass is 79.9. The first-order chi connectivity index (χ1) is 9.54. The summed E-state index contributed by atoms with van der Waals surface area (Å²) in [6.45, 7) is 3.80. The lowest BCUT2D eigenvalue weighted by Gasteiger charge is -2.13. The summed E-state index contributed by atoms with van der Waals surface area (Å²) < 4.78 is 0.928. The smallest absolute Gasteiger partial charge is 0.184 e. The summed E-state index contributed by atoms with van der Waals surface area (Å²) in [6.07, 6.45) is 0. The Balaban J connectivity index is 2.45. The van der Waals surface area contributed by atoms with Gasteiger partial charge in [0, 0.05) is 10.0 Å². The van der Waals surface area contributed by atoms with E-state index in [-0.39, 0.29) is 5.78 Å². The van der Waals surface area contributed by atoms with Gasteiger partial charge >= 0.3 is 0 Å². The Morgan fingerprint density at radius 3 is 2.15 bits per heavy atom. The van der Waals surface area contributed by atoms with E-state index >= 15 is 0 Å². The number of carbonyl (C=O) groups is 1. The second-order valence-electron chi connectivity index (χ2n) is 4.74. The third kappa shape index (κ3) is 2.81. The molecule has 0 bridgehead atoms. The van der Waals surface area contributed by atoms with Crippen LogP contribution < -0.4 is 0 Å². The first-order valence-electron chi connectivity index (χ1n) is 6.30. The Bertz CT molecular complexity index is 663. The van der Waals surface area contributed by atoms with Crippen LogP contribution in [0, 0.1) is 25.2 Å². The SMILES string of the molecule is Cc1cccc(C)c1C(=O)C(C#N)c1ccc(Br)cc1. The molecule has 0 fully saturated rings. The van der Waals surface area contributed by atoms with Crippen LogP contribution in [0.15, 0.2) is 46.9 Å². The number of nitrogens with zero attached hydrogens (tertiary/aromatic N) is 1. The van der Waals surface area contributed by atoms with E-state index in [9.17, 15) is 10.1 Å². The van der Waals surface area contributed by atoms with Crippen molar-refractivity contribution in [2.75, 3.05) is 0 Å². The van der Waals surface area contributed by atoms with Crippen LogP contribution in [0.25, 0.3) is 0 Å². The zero-order valence-corrected chi connectivity index (χ0v) is 12.9. The van der Waals surface area contributed by atoms with E-state index in [0.717, 1.165) is 21.2 Å². The molecule has 2 aromatic rings. The van der Waals surface area contributed by atoms with Crippen molar-refractivity contribution in [3.05, 3.63) is 69.2 Å². The highest BCUT2D eigenvalue weighted by Crippen LogP contribution is 2.25. The minimum absolute atomic E-state index is 0.134. The van der Waals surface area contributed by atoms with Gasteiger partial charge in [-0.1, -0.05) is 46.3 Å². The molecule has 1 atom stereocenters. The largest absolute Gasteiger partial charge is 0.292 e. The van der Waals surface area contributed by atoms with Crippen LogP contribution in [0.2, 0.25) is 0 Å². The normalized spacial score (nSPS) is 11.7. The van der Waals surface area contributed by atoms with Crippen molar-refractivity contribution in [3.63, 3.8) is 0 Å². The van der Waals surface area contributed by atoms with Gasteiger partial charge in [0.15, 0.2) is 5.78 Å². The summed E-state index contributed by atoms with van der Waals surface area (Å²) in [7, 11) is 0. The van der Waals surface area contributed by atoms with Crippen LogP contribution in [0.4, 0.5) is 0 Å². The predicted molar refractivity (Wildman–Crippen MR) is 82.7 cm³/mol. The Hall–Kier alpha value is -1.92. The summed E-state index contributed by atoms with van der Waals surface area (Å²) >= 11 is 3.35. The number of benzene rings is 2. The van der Waals surface area contributed by atoms with Gasteiger partial charge in [0.2, 0.25) is 0 Å². The maximum Gasteiger partial charge on any atom is 0.184 e. The topological polar surface area (TPSA) is 40.9 Å². The zero-order chi connectivity index (χ0) is 14.7. The lowest BCUT2D eigenvalue weighted by Crippen LogP contribution is -2.14. The van der Waals surface area contributed by atoms with Crippen LogP contribution in [0.5, 0.6) is 0 Å². The highest BCUT2D eigenvalue weighted by Gasteiger charge is 2.24. The van der Waals surface area contributed by atoms with E-state index in [2.05, 4.69) is 22.0 Å². The standard InChI is InChI=1S/C17H14BrNO/c1-11-4-3-5-12(2)16(11)17(20)15(10-19)13-6-8-14(18)9-7-13/h3-9,15H,1-2H3. The Labute approximate surface area is 127 Å². The lowest BCUT2D eigenvalue weighted by atomic mass is 9.88. The third-order valence-corrected chi connectivity index (χ3v) is 3.85. The number of nitriles is 1. The predicted octanol–water partition coefficient (Wildman–Crippen LogP) is 4.56. The molecule has 0 aliphatic heterocycles. The van der Waals surface area contributed by atoms with Gasteiger partial charge in [-0.2, -0.15) is 5.26 Å². The monoisotopic (exact) mass is 327 g/mol. The van der Waals surface area contributed by atoms with Gasteiger partial charge in [-0.15, -0.1) is 0 Å². The first kappa shape index (κ1) is 14.5. The Morgan fingerprint density at radius 1 is 1.10 bits per heavy atom. The van der Waals surface area contributed by atoms with Gasteiger partial charge in [0.05, 0.1) is 6.07 Å². The van der Waals surface area contributed by atoms with Gasteiger partial charge in [-0.3, -0.25) is 4.79 Å². The molecule has 0 saturated carbocycles. The van der Waals surface area contributed by atoms with Crippen molar-refractivity contribution in [2.45, 2.75) is 19.8 Å². The summed E-state index contributed by atoms with van der Waals surface area (Å²) in [4.78, 5) is 12.7. The van der Waals surface area contributed by atoms with Gasteiger partial charge in [0.1, 0.15) is 5.92 Å². The first-order valence-corrected chi connectivity index (χ1v) is 7.09. The van der Waals surface area contributed by atoms with Crippen molar-refractivity contribution in [1.82, 2.24) is 0 Å². The van der Waals surface area contributed by atoms with E-state index in [0.29, 0.717) is 5.56 Å². The summed E-state index contributed by atoms with van der Waals surface area (Å²) in [5, 5.41) is 9.38. The maximum absolute atomic E-state index is 12.7. The molecule has 20 heavy (non-hydrogen) atoms. The molecule has 0 saturated heterocycles. The van der Waals surface area contributed by atoms with E-state index in [1.165, 1.54) is 0 Å². The maximum atomic E-state index is 12.7. The molecule has 2 nitrogen and oxygen atoms in total. The van der Waals surface area contributed by atoms with Gasteiger partial charge < -0.3 is 0 Å². The Kier molecular flexibility index (Phi) is 4.36. The molecule has 0 N–H and O–H groups in total. The number of ketones is 1. The molecular formula is C17H14BrNO. The average molecular weight is 328 g/mol. The van der Waals surface area contributed by atoms with Crippen molar-refractivity contribution in [2.24, 2.45) is 0 Å². The number of Topliss-reactive ketones (excluding diaryl/α,β-unsaturated/α-hetero) is 1. The molecule has 0 heterocycles. The molecule has 2 rings (SSSR count). The van der Waals surface area contributed by atoms with E-state index in [1.54, 1.807) is 0 Å². The number of hydrogen-bond acceptors (Lipinski definition) is 2. The molecule has 100 valence electrons. The second kappa shape index (κ2) is 6.02. The lowest BCUT2D eigenvalue weighted by molar-refractivity contribution is 0.0977. The van der Waals surface area contributed by atoms with Crippen molar-refractivity contribution in [3.8, 4) is 6.07 Å². The fourth-order valence-electron chi connectivity index (χ4n) is 2.29. The molecular weight excluding hydrogens is 314 g/mol. The highest BCUT2D eigenvalue weighted by molar-refractivity contribution is 9.10. The van der Waals surface area contributed by atoms with Crippen LogP contribution in [-0.2, 0) is 0 Å². The van der Waals surface area contributed by atoms with Crippen molar-refractivity contribution < 1.29 is 4.79 Å². The molecule has 0 amide bonds. The number of carbonyl (C=O) groups excluding carboxylic acids is 1. The van der Waals surface area contributed by atoms with Crippen molar-refractivity contribution >= 4 is 21.7 Å². The van der Waals surface area contributed by atoms with Gasteiger partial charge in [-0.25, -0.2) is 0 Å². The van der Waals surface area contributed by atoms with E-state index in [1.807, 2.05) is 56.3 Å². The molecule has 3 heteroatoms. The fourth-order valence-corrected chi connectivity index (χ4v) is 2.55. The van der Waals surface area contributed by atoms with Crippen LogP contribution in [-0.4, -0.2) is 5.78 Å². The Morgan fingerprint density at radius 2 is 1.65 bits per heavy atom. The number of hydrogen-bond donors (Lipinski definition) is 0. The molecule has 0 radical (unpaired) electrons. The summed E-state index contributed by atoms with van der Waals surface area (Å²) in [5.41, 5.74) is 3.20. The quantitative estimate of drug-likeness (QED) is 0.775. The van der Waals surface area contributed by atoms with Crippen LogP contribution in [0.3, 0.4) is 0 Å². The van der Waals surface area contributed by atoms with E-state index < -0.39 is 5.92 Å². The van der Waals surface area contributed by atoms with Gasteiger partial charge in [-0.05, 0) is 42.7 Å². The summed E-state index contributed by atoms with van der Waals surface area (Å²) in [5.74, 6) is -0.895. The zero-order valence-electron chi connectivity index (χ0n) is 11.4. The van der Waals surface area contributed by atoms with Crippen LogP contribution >= 0.6 is 15.9 Å². The second-order valence-corrected chi connectivity index (χ2v) is 5.66. The molecule has 0 spiro atoms. The minimum atomic E-state index is -0.761. The molecule has 0 aliphatic carbocycles. The fraction of sp³-hybridized carbons (Fsp3) is 0.176. The average Bonchev–Trinajstić information content (AvgIpc) is 2.41. The minimum Gasteiger partial charge on any atom is -0.292 e. The van der Waals surface area contributed by atoms with E-state index in [4.69, 9.17) is 0 Å². The summed E-state index contributed by atoms with van der Waals surface area (Å²) in [6, 6.07) is 15.2. The molecule has 1 unspecified atom stereocenters. The number of aryl methyl sites for hydroxylation is 2.